The summed E-state index contributed by atoms with van der Waals surface area (Å²) in [5, 5.41) is 0. The summed E-state index contributed by atoms with van der Waals surface area (Å²) in [5.41, 5.74) is 49.8. The van der Waals surface area contributed by atoms with Crippen molar-refractivity contribution in [3.05, 3.63) is 424 Å². The number of rotatable bonds is 0. The second-order valence-electron chi connectivity index (χ2n) is 37.8. The third kappa shape index (κ3) is 17.2. The van der Waals surface area contributed by atoms with Gasteiger partial charge in [0.25, 0.3) is 0 Å². The van der Waals surface area contributed by atoms with E-state index in [4.69, 9.17) is 0 Å². The lowest BCUT2D eigenvalue weighted by molar-refractivity contribution is 0.451. The van der Waals surface area contributed by atoms with Gasteiger partial charge in [-0.15, -0.1) is 0 Å². The molecule has 0 radical (unpaired) electrons. The Balaban J connectivity index is 0.0000000980. The fraction of sp³-hybridized carbons (Fsp3) is 0.333. The highest BCUT2D eigenvalue weighted by molar-refractivity contribution is 5.86. The van der Waals surface area contributed by atoms with Crippen molar-refractivity contribution in [2.75, 3.05) is 0 Å². The third-order valence-electron chi connectivity index (χ3n) is 29.5. The summed E-state index contributed by atoms with van der Waals surface area (Å²) < 4.78 is 0. The Labute approximate surface area is 721 Å². The van der Waals surface area contributed by atoms with E-state index in [9.17, 15) is 0 Å². The fourth-order valence-electron chi connectivity index (χ4n) is 23.2. The summed E-state index contributed by atoms with van der Waals surface area (Å²) >= 11 is 0. The molecule has 0 amide bonds. The highest BCUT2D eigenvalue weighted by atomic mass is 14.4. The molecule has 0 saturated heterocycles. The number of aryl methyl sites for hydroxylation is 8. The first-order chi connectivity index (χ1) is 58.5. The monoisotopic (exact) mass is 1570 g/mol. The van der Waals surface area contributed by atoms with Crippen LogP contribution in [-0.4, -0.2) is 0 Å². The van der Waals surface area contributed by atoms with Gasteiger partial charge in [0, 0.05) is 47.3 Å². The van der Waals surface area contributed by atoms with Crippen LogP contribution < -0.4 is 0 Å². The van der Waals surface area contributed by atoms with Crippen LogP contribution in [0.1, 0.15) is 237 Å². The summed E-state index contributed by atoms with van der Waals surface area (Å²) in [5.74, 6) is 7.65. The van der Waals surface area contributed by atoms with Gasteiger partial charge in [-0.1, -0.05) is 335 Å². The van der Waals surface area contributed by atoms with Crippen molar-refractivity contribution in [2.45, 2.75) is 198 Å². The molecule has 0 bridgehead atoms. The molecule has 0 aliphatic heterocycles. The number of fused-ring (bicyclic) bond motifs is 24. The van der Waals surface area contributed by atoms with Gasteiger partial charge in [-0.05, 0) is 344 Å². The Morgan fingerprint density at radius 2 is 0.892 bits per heavy atom. The SMILES string of the molecule is C1=CC2CCCc3ccccc3C2=C1.C1=CC2CCc3ccccc3C2=C1.CC1=C2c3ccccc3CC(C)CC2C=C1.CC1=C2c3ccccc3CCCC(C)C2C=C1.CC1=CC2C(=C1)c1ccccc1C2C.CC1=CC2CCc3ccc(C)cc3C2=C1.CC1=CC=C2c3cccc(C)c3CCCCC12.Cc1ccc(C)c2c1CC1C=CC=C21. The van der Waals surface area contributed by atoms with E-state index >= 15 is 0 Å². The molecule has 11 atom stereocenters. The summed E-state index contributed by atoms with van der Waals surface area (Å²) in [7, 11) is 0. The van der Waals surface area contributed by atoms with E-state index in [-0.39, 0.29) is 0 Å². The van der Waals surface area contributed by atoms with E-state index in [2.05, 4.69) is 368 Å². The van der Waals surface area contributed by atoms with Gasteiger partial charge in [-0.25, -0.2) is 0 Å². The molecule has 16 aliphatic carbocycles. The molecule has 8 aromatic carbocycles. The van der Waals surface area contributed by atoms with Crippen LogP contribution in [0, 0.1) is 86.9 Å². The van der Waals surface area contributed by atoms with Gasteiger partial charge in [0.2, 0.25) is 0 Å². The average molecular weight is 1570 g/mol. The molecule has 0 saturated carbocycles. The molecule has 24 rings (SSSR count). The predicted octanol–water partition coefficient (Wildman–Crippen LogP) is 31.4. The van der Waals surface area contributed by atoms with E-state index in [1.54, 1.807) is 50.1 Å². The van der Waals surface area contributed by atoms with Crippen molar-refractivity contribution in [3.8, 4) is 0 Å². The minimum atomic E-state index is 0.646. The first kappa shape index (κ1) is 81.9. The lowest BCUT2D eigenvalue weighted by Crippen LogP contribution is -2.14. The molecular formula is C120H128. The Bertz CT molecular complexity index is 5790. The van der Waals surface area contributed by atoms with Crippen LogP contribution >= 0.6 is 0 Å². The number of hydrogen-bond donors (Lipinski definition) is 0. The average Bonchev–Trinajstić information content (AvgIpc) is 1.63. The highest BCUT2D eigenvalue weighted by Gasteiger charge is 2.36. The molecule has 0 nitrogen and oxygen atoms in total. The molecule has 11 unspecified atom stereocenters. The van der Waals surface area contributed by atoms with Gasteiger partial charge in [0.1, 0.15) is 0 Å². The largest absolute Gasteiger partial charge is 0.0770 e. The second-order valence-corrected chi connectivity index (χ2v) is 37.8. The zero-order valence-corrected chi connectivity index (χ0v) is 74.0. The van der Waals surface area contributed by atoms with Crippen molar-refractivity contribution in [1.82, 2.24) is 0 Å². The Morgan fingerprint density at radius 3 is 1.63 bits per heavy atom. The van der Waals surface area contributed by atoms with Crippen molar-refractivity contribution < 1.29 is 0 Å². The van der Waals surface area contributed by atoms with Gasteiger partial charge in [-0.3, -0.25) is 0 Å². The Morgan fingerprint density at radius 1 is 0.325 bits per heavy atom. The first-order valence-electron chi connectivity index (χ1n) is 46.3. The lowest BCUT2D eigenvalue weighted by Gasteiger charge is -2.27. The second kappa shape index (κ2) is 36.5. The van der Waals surface area contributed by atoms with Crippen LogP contribution in [0.2, 0.25) is 0 Å². The van der Waals surface area contributed by atoms with E-state index < -0.39 is 0 Å². The number of benzene rings is 8. The minimum Gasteiger partial charge on any atom is -0.0770 e. The predicted molar refractivity (Wildman–Crippen MR) is 517 cm³/mol. The zero-order valence-electron chi connectivity index (χ0n) is 74.0. The molecule has 16 aliphatic rings. The molecule has 0 fully saturated rings. The van der Waals surface area contributed by atoms with Gasteiger partial charge in [0.05, 0.1) is 0 Å². The molecule has 0 heteroatoms. The fourth-order valence-corrected chi connectivity index (χ4v) is 23.2. The van der Waals surface area contributed by atoms with Crippen LogP contribution in [0.15, 0.2) is 313 Å². The van der Waals surface area contributed by atoms with Gasteiger partial charge < -0.3 is 0 Å². The quantitative estimate of drug-likeness (QED) is 0.142. The number of allylic oxidation sites excluding steroid dienone is 32. The molecule has 0 N–H and O–H groups in total. The standard InChI is InChI=1S/2C17H20.C16H18.C15H16.3C14H14.C13H12/c1-12-6-5-8-14-7-3-4-9-16(14)17-13(2)10-11-15(12)17;1-12-6-5-9-16-14(12)7-3-4-8-15-13(2)10-11-17(15)16;1-11-9-13-5-3-4-6-15(13)16-12(2)7-8-14(16)10-11;1-10-3-4-12-5-6-13-7-11(2)9-15(13)14(12)8-10;1-9-6-7-10(2)14-12-5-3-4-11(12)8-13(9)14;1-9-7-13-10(2)11-5-3-4-6-12(11)14(13)8-9;1-2-9-13-11(5-1)6-3-7-12-8-4-10-14(12)13;1-2-6-12-10(4-1)8-9-11-5-3-7-13(11)12/h3-4,7,9-12,15H,5-6,8H2,1-2H3;5-6,9-11,15H,3-4,7-8H2,1-2H3;3-8,11,14H,9-10H2,1-2H3;3-4,7-9,13H,5-6H2,1-2H3;3-7,11H,8H2,1-2H3;3-8,10,13H,1-2H3;1-2,4-5,8-10,12H,3,6-7H2;1-7,11H,8-9H2. The van der Waals surface area contributed by atoms with E-state index in [0.29, 0.717) is 53.3 Å². The van der Waals surface area contributed by atoms with Crippen LogP contribution in [-0.2, 0) is 44.9 Å². The first-order valence-corrected chi connectivity index (χ1v) is 46.3. The van der Waals surface area contributed by atoms with E-state index in [1.807, 2.05) is 0 Å². The van der Waals surface area contributed by atoms with Crippen LogP contribution in [0.3, 0.4) is 0 Å². The topological polar surface area (TPSA) is 0 Å². The Kier molecular flexibility index (Phi) is 24.9. The van der Waals surface area contributed by atoms with E-state index in [0.717, 1.165) is 11.8 Å². The van der Waals surface area contributed by atoms with Crippen molar-refractivity contribution in [1.29, 1.82) is 0 Å². The molecule has 0 aromatic heterocycles. The molecule has 608 valence electrons. The molecular weight excluding hydrogens is 1440 g/mol. The van der Waals surface area contributed by atoms with Gasteiger partial charge in [0.15, 0.2) is 0 Å². The maximum absolute atomic E-state index is 2.42. The van der Waals surface area contributed by atoms with Crippen LogP contribution in [0.25, 0.3) is 44.6 Å². The van der Waals surface area contributed by atoms with Crippen LogP contribution in [0.4, 0.5) is 0 Å². The Hall–Kier alpha value is -10.4. The highest BCUT2D eigenvalue weighted by Crippen LogP contribution is 2.52. The number of hydrogen-bond acceptors (Lipinski definition) is 0. The molecule has 120 heavy (non-hydrogen) atoms. The van der Waals surface area contributed by atoms with Crippen LogP contribution in [0.5, 0.6) is 0 Å². The normalized spacial score (nSPS) is 24.9. The molecule has 8 aromatic rings. The molecule has 0 spiro atoms. The third-order valence-corrected chi connectivity index (χ3v) is 29.5. The summed E-state index contributed by atoms with van der Waals surface area (Å²) in [6.07, 6.45) is 66.0. The van der Waals surface area contributed by atoms with Crippen molar-refractivity contribution in [2.24, 2.45) is 59.2 Å². The molecule has 0 heterocycles. The summed E-state index contributed by atoms with van der Waals surface area (Å²) in [4.78, 5) is 0. The lowest BCUT2D eigenvalue weighted by atomic mass is 9.77. The van der Waals surface area contributed by atoms with Gasteiger partial charge >= 0.3 is 0 Å². The van der Waals surface area contributed by atoms with Gasteiger partial charge in [-0.2, -0.15) is 0 Å². The van der Waals surface area contributed by atoms with Crippen molar-refractivity contribution >= 4 is 44.6 Å². The smallest absolute Gasteiger partial charge is 0.00961 e. The summed E-state index contributed by atoms with van der Waals surface area (Å²) in [6, 6.07) is 62.5. The maximum atomic E-state index is 2.42. The van der Waals surface area contributed by atoms with E-state index in [1.165, 1.54) is 243 Å². The zero-order chi connectivity index (χ0) is 82.7. The summed E-state index contributed by atoms with van der Waals surface area (Å²) in [6.45, 7) is 27.2. The van der Waals surface area contributed by atoms with Crippen molar-refractivity contribution in [3.63, 3.8) is 0 Å². The maximum Gasteiger partial charge on any atom is 0.00961 e. The minimum absolute atomic E-state index is 0.646.